The molecule has 0 N–H and O–H groups in total. The molecule has 5 rings (SSSR count). The highest BCUT2D eigenvalue weighted by molar-refractivity contribution is 6.99. The molecule has 2 atom stereocenters. The topological polar surface area (TPSA) is 9.23 Å². The molecule has 0 unspecified atom stereocenters. The number of allylic oxidation sites excluding steroid dienone is 4. The molecule has 2 aliphatic heterocycles. The van der Waals surface area contributed by atoms with Gasteiger partial charge in [-0.25, -0.2) is 0 Å². The number of rotatable bonds is 9. The second-order valence-corrected chi connectivity index (χ2v) is 18.7. The molecule has 0 radical (unpaired) electrons. The van der Waals surface area contributed by atoms with Crippen LogP contribution in [0, 0.1) is 10.8 Å². The van der Waals surface area contributed by atoms with Crippen LogP contribution in [0.2, 0.25) is 23.0 Å². The monoisotopic (exact) mass is 538 g/mol. The first-order valence-electron chi connectivity index (χ1n) is 15.8. The number of fused-ring (bicyclic) bond motifs is 2. The van der Waals surface area contributed by atoms with Crippen molar-refractivity contribution >= 4 is 25.4 Å². The van der Waals surface area contributed by atoms with Crippen LogP contribution in [0.1, 0.15) is 86.0 Å². The summed E-state index contributed by atoms with van der Waals surface area (Å²) in [7, 11) is -2.52. The zero-order chi connectivity index (χ0) is 27.6. The molecule has 0 saturated carbocycles. The summed E-state index contributed by atoms with van der Waals surface area (Å²) in [6.45, 7) is 13.9. The SMILES string of the molecule is CC(C)(C)[Si](OCC[C@@]1(C)C=CC=C[C@]1(C)CCB1C2CCCC1CCC2)(c1ccccc1)c1ccccc1. The second kappa shape index (κ2) is 11.6. The molecule has 3 heteroatoms. The Bertz CT molecular complexity index is 1070. The Labute approximate surface area is 240 Å². The highest BCUT2D eigenvalue weighted by Crippen LogP contribution is 2.54. The molecule has 0 amide bonds. The molecule has 2 fully saturated rings. The van der Waals surface area contributed by atoms with Gasteiger partial charge in [-0.2, -0.15) is 0 Å². The van der Waals surface area contributed by atoms with Gasteiger partial charge in [-0.3, -0.25) is 0 Å². The van der Waals surface area contributed by atoms with Gasteiger partial charge in [-0.1, -0.05) is 182 Å². The molecule has 208 valence electrons. The molecule has 1 aliphatic carbocycles. The molecule has 1 nitrogen and oxygen atoms in total. The van der Waals surface area contributed by atoms with Gasteiger partial charge in [-0.15, -0.1) is 0 Å². The quantitative estimate of drug-likeness (QED) is 0.289. The Hall–Kier alpha value is -1.84. The van der Waals surface area contributed by atoms with Crippen molar-refractivity contribution in [2.24, 2.45) is 10.8 Å². The lowest BCUT2D eigenvalue weighted by Gasteiger charge is -2.48. The van der Waals surface area contributed by atoms with Gasteiger partial charge in [0.1, 0.15) is 6.71 Å². The van der Waals surface area contributed by atoms with Gasteiger partial charge in [0.15, 0.2) is 0 Å². The number of hydrogen-bond donors (Lipinski definition) is 0. The van der Waals surface area contributed by atoms with Gasteiger partial charge in [0.25, 0.3) is 8.32 Å². The third kappa shape index (κ3) is 5.55. The van der Waals surface area contributed by atoms with Gasteiger partial charge in [0.05, 0.1) is 0 Å². The van der Waals surface area contributed by atoms with Crippen LogP contribution in [-0.4, -0.2) is 21.6 Å². The lowest BCUT2D eigenvalue weighted by atomic mass is 9.25. The van der Waals surface area contributed by atoms with E-state index in [0.717, 1.165) is 31.4 Å². The maximum absolute atomic E-state index is 7.36. The Morgan fingerprint density at radius 3 is 1.67 bits per heavy atom. The summed E-state index contributed by atoms with van der Waals surface area (Å²) < 4.78 is 7.36. The summed E-state index contributed by atoms with van der Waals surface area (Å²) in [4.78, 5) is 0. The van der Waals surface area contributed by atoms with Crippen molar-refractivity contribution in [2.75, 3.05) is 6.61 Å². The highest BCUT2D eigenvalue weighted by Gasteiger charge is 2.51. The Morgan fingerprint density at radius 2 is 1.21 bits per heavy atom. The second-order valence-electron chi connectivity index (χ2n) is 14.4. The summed E-state index contributed by atoms with van der Waals surface area (Å²) >= 11 is 0. The zero-order valence-corrected chi connectivity index (χ0v) is 26.3. The molecule has 39 heavy (non-hydrogen) atoms. The average Bonchev–Trinajstić information content (AvgIpc) is 2.92. The molecule has 0 spiro atoms. The third-order valence-electron chi connectivity index (χ3n) is 11.2. The fourth-order valence-electron chi connectivity index (χ4n) is 8.58. The van der Waals surface area contributed by atoms with Crippen molar-refractivity contribution in [2.45, 2.75) is 109 Å². The Balaban J connectivity index is 1.37. The van der Waals surface area contributed by atoms with E-state index in [2.05, 4.69) is 120 Å². The molecular weight excluding hydrogens is 487 g/mol. The van der Waals surface area contributed by atoms with E-state index >= 15 is 0 Å². The van der Waals surface area contributed by atoms with Crippen molar-refractivity contribution in [1.29, 1.82) is 0 Å². The van der Waals surface area contributed by atoms with E-state index in [9.17, 15) is 0 Å². The van der Waals surface area contributed by atoms with Crippen LogP contribution in [0.3, 0.4) is 0 Å². The van der Waals surface area contributed by atoms with Crippen LogP contribution in [0.25, 0.3) is 0 Å². The van der Waals surface area contributed by atoms with Crippen LogP contribution in [-0.2, 0) is 4.43 Å². The Morgan fingerprint density at radius 1 is 0.744 bits per heavy atom. The maximum Gasteiger partial charge on any atom is 0.261 e. The first-order valence-corrected chi connectivity index (χ1v) is 17.7. The zero-order valence-electron chi connectivity index (χ0n) is 25.3. The summed E-state index contributed by atoms with van der Waals surface area (Å²) in [5.41, 5.74) is 0.263. The summed E-state index contributed by atoms with van der Waals surface area (Å²) in [5, 5.41) is 2.76. The van der Waals surface area contributed by atoms with Gasteiger partial charge in [-0.05, 0) is 32.7 Å². The highest BCUT2D eigenvalue weighted by atomic mass is 28.4. The molecule has 2 aromatic rings. The van der Waals surface area contributed by atoms with Gasteiger partial charge < -0.3 is 4.43 Å². The molecular formula is C36H51BOSi. The lowest BCUT2D eigenvalue weighted by Crippen LogP contribution is -2.66. The van der Waals surface area contributed by atoms with E-state index in [1.54, 1.807) is 0 Å². The first-order chi connectivity index (χ1) is 18.7. The van der Waals surface area contributed by atoms with Crippen LogP contribution >= 0.6 is 0 Å². The van der Waals surface area contributed by atoms with E-state index in [1.807, 2.05) is 0 Å². The van der Waals surface area contributed by atoms with E-state index in [-0.39, 0.29) is 15.9 Å². The van der Waals surface area contributed by atoms with E-state index in [0.29, 0.717) is 0 Å². The van der Waals surface area contributed by atoms with Crippen LogP contribution < -0.4 is 10.4 Å². The summed E-state index contributed by atoms with van der Waals surface area (Å²) in [6, 6.07) is 22.2. The average molecular weight is 539 g/mol. The van der Waals surface area contributed by atoms with E-state index in [4.69, 9.17) is 4.43 Å². The fourth-order valence-corrected chi connectivity index (χ4v) is 13.1. The van der Waals surface area contributed by atoms with Crippen LogP contribution in [0.4, 0.5) is 0 Å². The fraction of sp³-hybridized carbons (Fsp3) is 0.556. The van der Waals surface area contributed by atoms with E-state index in [1.165, 1.54) is 61.6 Å². The summed E-state index contributed by atoms with van der Waals surface area (Å²) in [5.74, 6) is 1.99. The minimum absolute atomic E-state index is 0.0149. The van der Waals surface area contributed by atoms with Gasteiger partial charge in [0.2, 0.25) is 0 Å². The molecule has 3 aliphatic rings. The number of hydrogen-bond acceptors (Lipinski definition) is 1. The van der Waals surface area contributed by atoms with Gasteiger partial charge in [0, 0.05) is 6.61 Å². The van der Waals surface area contributed by atoms with Crippen molar-refractivity contribution in [3.63, 3.8) is 0 Å². The van der Waals surface area contributed by atoms with E-state index < -0.39 is 8.32 Å². The van der Waals surface area contributed by atoms with Crippen molar-refractivity contribution in [3.05, 3.63) is 85.0 Å². The lowest BCUT2D eigenvalue weighted by molar-refractivity contribution is 0.125. The maximum atomic E-state index is 7.36. The smallest absolute Gasteiger partial charge is 0.261 e. The molecule has 2 saturated heterocycles. The minimum atomic E-state index is -2.52. The predicted molar refractivity (Wildman–Crippen MR) is 173 cm³/mol. The molecule has 0 aromatic heterocycles. The Kier molecular flexibility index (Phi) is 8.51. The van der Waals surface area contributed by atoms with Crippen molar-refractivity contribution in [3.8, 4) is 0 Å². The molecule has 2 heterocycles. The number of benzene rings is 2. The predicted octanol–water partition coefficient (Wildman–Crippen LogP) is 9.08. The normalized spacial score (nSPS) is 29.0. The minimum Gasteiger partial charge on any atom is -0.407 e. The largest absolute Gasteiger partial charge is 0.407 e. The van der Waals surface area contributed by atoms with Crippen molar-refractivity contribution < 1.29 is 4.43 Å². The van der Waals surface area contributed by atoms with Crippen LogP contribution in [0.15, 0.2) is 85.0 Å². The third-order valence-corrected chi connectivity index (χ3v) is 16.3. The first kappa shape index (κ1) is 28.7. The molecule has 2 bridgehead atoms. The van der Waals surface area contributed by atoms with Gasteiger partial charge >= 0.3 is 0 Å². The van der Waals surface area contributed by atoms with Crippen molar-refractivity contribution in [1.82, 2.24) is 0 Å². The standard InChI is InChI=1S/C36H51BOSi/c1-34(2,3)39(32-20-8-6-9-21-32,33-22-10-7-11-23-33)38-29-27-36(5)25-13-12-24-35(36,4)26-28-37-30-16-14-17-31(37)19-15-18-30/h6-13,20-25,30-31H,14-19,26-29H2,1-5H3/t30?,31?,35-,36-/m1/s1. The summed E-state index contributed by atoms with van der Waals surface area (Å²) in [6.07, 6.45) is 22.3. The molecule has 2 aromatic carbocycles. The van der Waals surface area contributed by atoms with Crippen LogP contribution in [0.5, 0.6) is 0 Å².